The first-order valence-corrected chi connectivity index (χ1v) is 10.3. The Morgan fingerprint density at radius 2 is 2.04 bits per heavy atom. The third kappa shape index (κ3) is 5.73. The highest BCUT2D eigenvalue weighted by Crippen LogP contribution is 2.30. The van der Waals surface area contributed by atoms with E-state index in [9.17, 15) is 4.79 Å². The lowest BCUT2D eigenvalue weighted by Crippen LogP contribution is -2.41. The van der Waals surface area contributed by atoms with Crippen LogP contribution in [0.3, 0.4) is 0 Å². The van der Waals surface area contributed by atoms with Gasteiger partial charge in [-0.1, -0.05) is 41.6 Å². The van der Waals surface area contributed by atoms with Gasteiger partial charge in [-0.25, -0.2) is 4.79 Å². The van der Waals surface area contributed by atoms with Gasteiger partial charge >= 0.3 is 6.09 Å². The summed E-state index contributed by atoms with van der Waals surface area (Å²) in [5.74, 6) is 1.68. The van der Waals surface area contributed by atoms with Crippen molar-refractivity contribution >= 4 is 17.9 Å². The lowest BCUT2D eigenvalue weighted by molar-refractivity contribution is 0.0198. The smallest absolute Gasteiger partial charge is 0.410 e. The van der Waals surface area contributed by atoms with Gasteiger partial charge in [-0.15, -0.1) is 10.2 Å². The Balaban J connectivity index is 1.50. The van der Waals surface area contributed by atoms with Crippen LogP contribution in [0.2, 0.25) is 0 Å². The largest absolute Gasteiger partial charge is 0.444 e. The SMILES string of the molecule is Cc1cccc(CSc2nnc(C3CCN(C(=O)OC(C)(C)C)CC3)o2)c1. The molecule has 7 heteroatoms. The molecule has 1 aromatic carbocycles. The van der Waals surface area contributed by atoms with Gasteiger partial charge in [0.25, 0.3) is 5.22 Å². The first-order chi connectivity index (χ1) is 12.8. The number of likely N-dealkylation sites (tertiary alicyclic amines) is 1. The van der Waals surface area contributed by atoms with Crippen LogP contribution in [-0.2, 0) is 10.5 Å². The van der Waals surface area contributed by atoms with Crippen LogP contribution < -0.4 is 0 Å². The summed E-state index contributed by atoms with van der Waals surface area (Å²) in [5, 5.41) is 9.00. The fourth-order valence-electron chi connectivity index (χ4n) is 3.03. The summed E-state index contributed by atoms with van der Waals surface area (Å²) in [5.41, 5.74) is 2.02. The fraction of sp³-hybridized carbons (Fsp3) is 0.550. The second-order valence-electron chi connectivity index (χ2n) is 7.93. The Hall–Kier alpha value is -2.02. The predicted octanol–water partition coefficient (Wildman–Crippen LogP) is 4.78. The number of hydrogen-bond acceptors (Lipinski definition) is 6. The molecular weight excluding hydrogens is 362 g/mol. The average molecular weight is 390 g/mol. The van der Waals surface area contributed by atoms with Crippen LogP contribution in [0.25, 0.3) is 0 Å². The van der Waals surface area contributed by atoms with Crippen molar-refractivity contribution in [2.24, 2.45) is 0 Å². The number of benzene rings is 1. The second kappa shape index (κ2) is 8.33. The third-order valence-electron chi connectivity index (χ3n) is 4.36. The summed E-state index contributed by atoms with van der Waals surface area (Å²) in [4.78, 5) is 13.9. The number of amides is 1. The molecule has 0 atom stereocenters. The molecule has 1 amide bonds. The zero-order chi connectivity index (χ0) is 19.4. The zero-order valence-corrected chi connectivity index (χ0v) is 17.2. The van der Waals surface area contributed by atoms with Gasteiger partial charge in [0.1, 0.15) is 5.60 Å². The Kier molecular flexibility index (Phi) is 6.09. The van der Waals surface area contributed by atoms with Gasteiger partial charge in [-0.05, 0) is 46.1 Å². The second-order valence-corrected chi connectivity index (χ2v) is 8.85. The molecule has 0 spiro atoms. The number of aromatic nitrogens is 2. The van der Waals surface area contributed by atoms with Crippen molar-refractivity contribution < 1.29 is 13.9 Å². The minimum atomic E-state index is -0.468. The van der Waals surface area contributed by atoms with Crippen molar-refractivity contribution in [3.8, 4) is 0 Å². The maximum atomic E-state index is 12.2. The van der Waals surface area contributed by atoms with Crippen molar-refractivity contribution in [1.29, 1.82) is 0 Å². The molecule has 0 unspecified atom stereocenters. The topological polar surface area (TPSA) is 68.5 Å². The molecule has 1 saturated heterocycles. The van der Waals surface area contributed by atoms with Gasteiger partial charge in [-0.2, -0.15) is 0 Å². The van der Waals surface area contributed by atoms with Gasteiger partial charge in [0.05, 0.1) is 0 Å². The van der Waals surface area contributed by atoms with E-state index in [1.165, 1.54) is 11.1 Å². The molecule has 3 rings (SSSR count). The molecule has 0 N–H and O–H groups in total. The number of carbonyl (C=O) groups is 1. The number of rotatable bonds is 4. The molecule has 0 saturated carbocycles. The number of nitrogens with zero attached hydrogens (tertiary/aromatic N) is 3. The van der Waals surface area contributed by atoms with E-state index >= 15 is 0 Å². The molecule has 6 nitrogen and oxygen atoms in total. The van der Waals surface area contributed by atoms with Crippen molar-refractivity contribution in [3.63, 3.8) is 0 Å². The van der Waals surface area contributed by atoms with Crippen LogP contribution in [-0.4, -0.2) is 39.9 Å². The molecule has 27 heavy (non-hydrogen) atoms. The molecule has 1 aliphatic rings. The maximum absolute atomic E-state index is 12.2. The van der Waals surface area contributed by atoms with Crippen LogP contribution >= 0.6 is 11.8 Å². The summed E-state index contributed by atoms with van der Waals surface area (Å²) in [6.45, 7) is 9.02. The Morgan fingerprint density at radius 1 is 1.30 bits per heavy atom. The predicted molar refractivity (Wildman–Crippen MR) is 105 cm³/mol. The van der Waals surface area contributed by atoms with E-state index in [0.29, 0.717) is 24.2 Å². The summed E-state index contributed by atoms with van der Waals surface area (Å²) >= 11 is 1.55. The first-order valence-electron chi connectivity index (χ1n) is 9.30. The molecule has 1 aliphatic heterocycles. The van der Waals surface area contributed by atoms with Gasteiger partial charge in [-0.3, -0.25) is 0 Å². The average Bonchev–Trinajstić information content (AvgIpc) is 3.08. The van der Waals surface area contributed by atoms with Crippen LogP contribution in [0.15, 0.2) is 33.9 Å². The molecule has 0 bridgehead atoms. The third-order valence-corrected chi connectivity index (χ3v) is 5.25. The van der Waals surface area contributed by atoms with E-state index in [1.807, 2.05) is 20.8 Å². The van der Waals surface area contributed by atoms with Crippen molar-refractivity contribution in [2.75, 3.05) is 13.1 Å². The van der Waals surface area contributed by atoms with E-state index in [1.54, 1.807) is 16.7 Å². The quantitative estimate of drug-likeness (QED) is 0.701. The standard InChI is InChI=1S/C20H27N3O3S/c1-14-6-5-7-15(12-14)13-27-18-22-21-17(25-18)16-8-10-23(11-9-16)19(24)26-20(2,3)4/h5-7,12,16H,8-11,13H2,1-4H3. The van der Waals surface area contributed by atoms with E-state index < -0.39 is 5.60 Å². The van der Waals surface area contributed by atoms with Gasteiger partial charge in [0.2, 0.25) is 5.89 Å². The minimum Gasteiger partial charge on any atom is -0.444 e. The Morgan fingerprint density at radius 3 is 2.70 bits per heavy atom. The number of hydrogen-bond donors (Lipinski definition) is 0. The number of aryl methyl sites for hydroxylation is 1. The lowest BCUT2D eigenvalue weighted by atomic mass is 9.97. The molecule has 146 valence electrons. The minimum absolute atomic E-state index is 0.199. The molecule has 1 aromatic heterocycles. The van der Waals surface area contributed by atoms with E-state index in [0.717, 1.165) is 18.6 Å². The van der Waals surface area contributed by atoms with Crippen molar-refractivity contribution in [3.05, 3.63) is 41.3 Å². The van der Waals surface area contributed by atoms with Crippen LogP contribution in [0.4, 0.5) is 4.79 Å². The van der Waals surface area contributed by atoms with E-state index in [2.05, 4.69) is 41.4 Å². The highest BCUT2D eigenvalue weighted by atomic mass is 32.2. The molecule has 0 radical (unpaired) electrons. The number of ether oxygens (including phenoxy) is 1. The highest BCUT2D eigenvalue weighted by Gasteiger charge is 2.29. The molecule has 1 fully saturated rings. The van der Waals surface area contributed by atoms with Crippen molar-refractivity contribution in [2.45, 2.75) is 63.0 Å². The summed E-state index contributed by atoms with van der Waals surface area (Å²) in [6, 6.07) is 8.41. The van der Waals surface area contributed by atoms with E-state index in [-0.39, 0.29) is 12.0 Å². The molecular formula is C20H27N3O3S. The van der Waals surface area contributed by atoms with E-state index in [4.69, 9.17) is 9.15 Å². The molecule has 2 aromatic rings. The number of carbonyl (C=O) groups excluding carboxylic acids is 1. The molecule has 2 heterocycles. The van der Waals surface area contributed by atoms with Gasteiger partial charge in [0.15, 0.2) is 0 Å². The van der Waals surface area contributed by atoms with Gasteiger partial charge < -0.3 is 14.1 Å². The molecule has 0 aliphatic carbocycles. The zero-order valence-electron chi connectivity index (χ0n) is 16.4. The highest BCUT2D eigenvalue weighted by molar-refractivity contribution is 7.98. The van der Waals surface area contributed by atoms with Crippen LogP contribution in [0.5, 0.6) is 0 Å². The monoisotopic (exact) mass is 389 g/mol. The summed E-state index contributed by atoms with van der Waals surface area (Å²) in [6.07, 6.45) is 1.37. The number of piperidine rings is 1. The first kappa shape index (κ1) is 19.7. The lowest BCUT2D eigenvalue weighted by Gasteiger charge is -2.32. The Labute approximate surface area is 164 Å². The van der Waals surface area contributed by atoms with Crippen LogP contribution in [0.1, 0.15) is 56.5 Å². The Bertz CT molecular complexity index is 777. The fourth-order valence-corrected chi connectivity index (χ4v) is 3.74. The van der Waals surface area contributed by atoms with Crippen LogP contribution in [0, 0.1) is 6.92 Å². The normalized spacial score (nSPS) is 15.8. The maximum Gasteiger partial charge on any atom is 0.410 e. The summed E-state index contributed by atoms with van der Waals surface area (Å²) < 4.78 is 11.3. The summed E-state index contributed by atoms with van der Waals surface area (Å²) in [7, 11) is 0. The van der Waals surface area contributed by atoms with Crippen molar-refractivity contribution in [1.82, 2.24) is 15.1 Å². The number of thioether (sulfide) groups is 1. The van der Waals surface area contributed by atoms with Gasteiger partial charge in [0, 0.05) is 24.8 Å².